The van der Waals surface area contributed by atoms with E-state index < -0.39 is 17.9 Å². The van der Waals surface area contributed by atoms with Crippen molar-refractivity contribution in [3.63, 3.8) is 0 Å². The second kappa shape index (κ2) is 7.03. The molecule has 0 heterocycles. The summed E-state index contributed by atoms with van der Waals surface area (Å²) in [5.41, 5.74) is 8.83. The number of nitrogens with zero attached hydrogens (tertiary/aromatic N) is 3. The zero-order valence-corrected chi connectivity index (χ0v) is 10.7. The Hall–Kier alpha value is -2.53. The SMILES string of the molecule is CCOC(=O)[C@H](C)NC(=O)c1ccccc1N=[N+]=[N-]. The van der Waals surface area contributed by atoms with Gasteiger partial charge in [0.15, 0.2) is 0 Å². The number of nitrogens with one attached hydrogen (secondary N) is 1. The fraction of sp³-hybridized carbons (Fsp3) is 0.333. The molecule has 1 atom stereocenters. The molecule has 0 aromatic heterocycles. The molecule has 19 heavy (non-hydrogen) atoms. The smallest absolute Gasteiger partial charge is 0.328 e. The summed E-state index contributed by atoms with van der Waals surface area (Å²) >= 11 is 0. The Morgan fingerprint density at radius 2 is 2.16 bits per heavy atom. The van der Waals surface area contributed by atoms with E-state index >= 15 is 0 Å². The average molecular weight is 262 g/mol. The summed E-state index contributed by atoms with van der Waals surface area (Å²) in [7, 11) is 0. The van der Waals surface area contributed by atoms with Gasteiger partial charge in [-0.1, -0.05) is 23.3 Å². The summed E-state index contributed by atoms with van der Waals surface area (Å²) in [6.45, 7) is 3.45. The highest BCUT2D eigenvalue weighted by Gasteiger charge is 2.18. The molecule has 0 spiro atoms. The van der Waals surface area contributed by atoms with Gasteiger partial charge in [0.2, 0.25) is 0 Å². The second-order valence-electron chi connectivity index (χ2n) is 3.65. The number of amides is 1. The van der Waals surface area contributed by atoms with Crippen LogP contribution in [0.5, 0.6) is 0 Å². The lowest BCUT2D eigenvalue weighted by atomic mass is 10.1. The van der Waals surface area contributed by atoms with Crippen LogP contribution >= 0.6 is 0 Å². The minimum Gasteiger partial charge on any atom is -0.464 e. The van der Waals surface area contributed by atoms with Gasteiger partial charge in [0.05, 0.1) is 12.3 Å². The van der Waals surface area contributed by atoms with Crippen LogP contribution in [0.3, 0.4) is 0 Å². The number of rotatable bonds is 5. The van der Waals surface area contributed by atoms with Crippen LogP contribution in [-0.2, 0) is 9.53 Å². The Balaban J connectivity index is 2.84. The number of hydrogen-bond donors (Lipinski definition) is 1. The zero-order valence-electron chi connectivity index (χ0n) is 10.7. The Bertz CT molecular complexity index is 523. The van der Waals surface area contributed by atoms with Gasteiger partial charge in [-0.25, -0.2) is 4.79 Å². The minimum atomic E-state index is -0.772. The van der Waals surface area contributed by atoms with E-state index in [9.17, 15) is 9.59 Å². The average Bonchev–Trinajstić information content (AvgIpc) is 2.39. The summed E-state index contributed by atoms with van der Waals surface area (Å²) in [5.74, 6) is -1.01. The van der Waals surface area contributed by atoms with Gasteiger partial charge in [0.25, 0.3) is 5.91 Å². The minimum absolute atomic E-state index is 0.205. The van der Waals surface area contributed by atoms with Gasteiger partial charge in [-0.3, -0.25) is 4.79 Å². The van der Waals surface area contributed by atoms with E-state index in [1.165, 1.54) is 19.1 Å². The normalized spacial score (nSPS) is 11.1. The lowest BCUT2D eigenvalue weighted by molar-refractivity contribution is -0.144. The maximum absolute atomic E-state index is 12.0. The lowest BCUT2D eigenvalue weighted by Gasteiger charge is -2.13. The van der Waals surface area contributed by atoms with Gasteiger partial charge in [-0.05, 0) is 25.4 Å². The summed E-state index contributed by atoms with van der Waals surface area (Å²) in [6.07, 6.45) is 0. The van der Waals surface area contributed by atoms with Crippen molar-refractivity contribution in [1.82, 2.24) is 5.32 Å². The van der Waals surface area contributed by atoms with Crippen LogP contribution in [-0.4, -0.2) is 24.5 Å². The molecule has 100 valence electrons. The topological polar surface area (TPSA) is 104 Å². The number of ether oxygens (including phenoxy) is 1. The van der Waals surface area contributed by atoms with Crippen molar-refractivity contribution >= 4 is 17.6 Å². The maximum atomic E-state index is 12.0. The molecular weight excluding hydrogens is 248 g/mol. The number of benzene rings is 1. The van der Waals surface area contributed by atoms with E-state index in [-0.39, 0.29) is 17.9 Å². The summed E-state index contributed by atoms with van der Waals surface area (Å²) < 4.78 is 4.78. The first-order valence-corrected chi connectivity index (χ1v) is 5.71. The molecule has 0 unspecified atom stereocenters. The van der Waals surface area contributed by atoms with Crippen LogP contribution in [0.15, 0.2) is 29.4 Å². The van der Waals surface area contributed by atoms with Gasteiger partial charge < -0.3 is 10.1 Å². The highest BCUT2D eigenvalue weighted by atomic mass is 16.5. The fourth-order valence-corrected chi connectivity index (χ4v) is 1.40. The van der Waals surface area contributed by atoms with Gasteiger partial charge in [0, 0.05) is 10.5 Å². The van der Waals surface area contributed by atoms with Crippen LogP contribution in [0.1, 0.15) is 24.2 Å². The van der Waals surface area contributed by atoms with Crippen LogP contribution in [0.4, 0.5) is 5.69 Å². The number of esters is 1. The molecule has 1 amide bonds. The molecule has 7 nitrogen and oxygen atoms in total. The molecule has 0 aliphatic heterocycles. The van der Waals surface area contributed by atoms with E-state index in [4.69, 9.17) is 10.3 Å². The standard InChI is InChI=1S/C12H14N4O3/c1-3-19-12(18)8(2)14-11(17)9-6-4-5-7-10(9)15-16-13/h4-8H,3H2,1-2H3,(H,14,17)/t8-/m0/s1. The van der Waals surface area contributed by atoms with Crippen molar-refractivity contribution in [3.05, 3.63) is 40.3 Å². The molecule has 0 saturated heterocycles. The second-order valence-corrected chi connectivity index (χ2v) is 3.65. The van der Waals surface area contributed by atoms with Crippen molar-refractivity contribution in [2.75, 3.05) is 6.61 Å². The highest BCUT2D eigenvalue weighted by Crippen LogP contribution is 2.18. The maximum Gasteiger partial charge on any atom is 0.328 e. The number of carbonyl (C=O) groups excluding carboxylic acids is 2. The Morgan fingerprint density at radius 1 is 1.47 bits per heavy atom. The van der Waals surface area contributed by atoms with Crippen molar-refractivity contribution in [3.8, 4) is 0 Å². The molecule has 0 radical (unpaired) electrons. The quantitative estimate of drug-likeness (QED) is 0.381. The molecule has 1 N–H and O–H groups in total. The highest BCUT2D eigenvalue weighted by molar-refractivity contribution is 6.00. The lowest BCUT2D eigenvalue weighted by Crippen LogP contribution is -2.39. The molecule has 0 aliphatic carbocycles. The van der Waals surface area contributed by atoms with Crippen LogP contribution in [0, 0.1) is 0 Å². The van der Waals surface area contributed by atoms with Crippen molar-refractivity contribution in [1.29, 1.82) is 0 Å². The molecule has 0 bridgehead atoms. The van der Waals surface area contributed by atoms with E-state index in [1.807, 2.05) is 0 Å². The summed E-state index contributed by atoms with van der Waals surface area (Å²) in [4.78, 5) is 26.0. The molecular formula is C12H14N4O3. The molecule has 0 fully saturated rings. The predicted octanol–water partition coefficient (Wildman–Crippen LogP) is 2.31. The van der Waals surface area contributed by atoms with E-state index in [0.29, 0.717) is 0 Å². The first kappa shape index (κ1) is 14.5. The molecule has 0 aliphatic rings. The van der Waals surface area contributed by atoms with Crippen LogP contribution in [0.2, 0.25) is 0 Å². The van der Waals surface area contributed by atoms with Crippen LogP contribution < -0.4 is 5.32 Å². The molecule has 0 saturated carbocycles. The molecule has 1 aromatic carbocycles. The van der Waals surface area contributed by atoms with Gasteiger partial charge >= 0.3 is 5.97 Å². The van der Waals surface area contributed by atoms with Crippen molar-refractivity contribution in [2.45, 2.75) is 19.9 Å². The summed E-state index contributed by atoms with van der Waals surface area (Å²) in [5, 5.41) is 5.90. The third kappa shape index (κ3) is 4.01. The number of hydrogen-bond acceptors (Lipinski definition) is 4. The molecule has 1 rings (SSSR count). The van der Waals surface area contributed by atoms with E-state index in [1.54, 1.807) is 19.1 Å². The van der Waals surface area contributed by atoms with Crippen molar-refractivity contribution < 1.29 is 14.3 Å². The third-order valence-electron chi connectivity index (χ3n) is 2.29. The van der Waals surface area contributed by atoms with Gasteiger partial charge in [-0.15, -0.1) is 0 Å². The monoisotopic (exact) mass is 262 g/mol. The third-order valence-corrected chi connectivity index (χ3v) is 2.29. The zero-order chi connectivity index (χ0) is 14.3. The number of azide groups is 1. The molecule has 7 heteroatoms. The fourth-order valence-electron chi connectivity index (χ4n) is 1.40. The van der Waals surface area contributed by atoms with E-state index in [0.717, 1.165) is 0 Å². The van der Waals surface area contributed by atoms with Gasteiger partial charge in [-0.2, -0.15) is 0 Å². The Morgan fingerprint density at radius 3 is 2.79 bits per heavy atom. The molecule has 1 aromatic rings. The largest absolute Gasteiger partial charge is 0.464 e. The van der Waals surface area contributed by atoms with Crippen LogP contribution in [0.25, 0.3) is 10.4 Å². The van der Waals surface area contributed by atoms with Crippen molar-refractivity contribution in [2.24, 2.45) is 5.11 Å². The first-order chi connectivity index (χ1) is 9.10. The Kier molecular flexibility index (Phi) is 5.37. The van der Waals surface area contributed by atoms with E-state index in [2.05, 4.69) is 15.3 Å². The Labute approximate surface area is 110 Å². The predicted molar refractivity (Wildman–Crippen MR) is 68.8 cm³/mol. The number of carbonyl (C=O) groups is 2. The summed E-state index contributed by atoms with van der Waals surface area (Å²) in [6, 6.07) is 5.54. The first-order valence-electron chi connectivity index (χ1n) is 5.71. The van der Waals surface area contributed by atoms with Gasteiger partial charge in [0.1, 0.15) is 6.04 Å².